The number of ether oxygens (including phenoxy) is 1. The number of aliphatic hydroxyl groups excluding tert-OH is 1. The van der Waals surface area contributed by atoms with Gasteiger partial charge in [0.1, 0.15) is 17.6 Å². The van der Waals surface area contributed by atoms with Gasteiger partial charge in [-0.05, 0) is 46.7 Å². The number of carbonyl (C=O) groups is 2. The molecule has 1 amide bonds. The number of furan rings is 1. The summed E-state index contributed by atoms with van der Waals surface area (Å²) >= 11 is 2.61. The van der Waals surface area contributed by atoms with E-state index in [9.17, 15) is 19.1 Å². The summed E-state index contributed by atoms with van der Waals surface area (Å²) in [4.78, 5) is 27.7. The Balaban J connectivity index is 1.34. The molecular weight excluding hydrogens is 553 g/mol. The van der Waals surface area contributed by atoms with Gasteiger partial charge in [0.2, 0.25) is 5.13 Å². The molecule has 5 aromatic rings. The Hall–Kier alpha value is -4.48. The smallest absolute Gasteiger partial charge is 0.302 e. The summed E-state index contributed by atoms with van der Waals surface area (Å²) in [6.45, 7) is 0. The van der Waals surface area contributed by atoms with E-state index in [1.54, 1.807) is 12.1 Å². The van der Waals surface area contributed by atoms with Gasteiger partial charge in [0.25, 0.3) is 5.78 Å². The molecule has 0 spiro atoms. The standard InChI is InChI=1S/C29H20FN3O5S2/c1-37-21-12-11-17(14-20(21)30)25(34)23-24(22-10-5-13-38-22)33(27(36)26(23)35)28-31-32-29(40-28)39-15-18-8-4-7-16-6-2-3-9-19(16)18/h2-14,24,34H,15H2,1H3/b25-23+. The lowest BCUT2D eigenvalue weighted by atomic mass is 9.99. The summed E-state index contributed by atoms with van der Waals surface area (Å²) in [5, 5.41) is 22.0. The Morgan fingerprint density at radius 1 is 1.10 bits per heavy atom. The second-order valence-corrected chi connectivity index (χ2v) is 11.0. The first-order valence-electron chi connectivity index (χ1n) is 12.1. The minimum atomic E-state index is -1.12. The highest BCUT2D eigenvalue weighted by Gasteiger charge is 2.49. The number of hydrogen-bond donors (Lipinski definition) is 1. The number of Topliss-reactive ketones (excluding diaryl/α,β-unsaturated/α-hetero) is 1. The highest BCUT2D eigenvalue weighted by Crippen LogP contribution is 2.44. The topological polar surface area (TPSA) is 106 Å². The maximum atomic E-state index is 14.4. The summed E-state index contributed by atoms with van der Waals surface area (Å²) in [5.41, 5.74) is 0.892. The van der Waals surface area contributed by atoms with E-state index in [1.165, 1.54) is 37.3 Å². The number of carbonyl (C=O) groups excluding carboxylic acids is 2. The minimum Gasteiger partial charge on any atom is -0.507 e. The van der Waals surface area contributed by atoms with Crippen LogP contribution in [0.1, 0.15) is 22.9 Å². The molecule has 1 aliphatic rings. The molecule has 1 aliphatic heterocycles. The summed E-state index contributed by atoms with van der Waals surface area (Å²) in [5.74, 6) is -2.29. The third-order valence-corrected chi connectivity index (χ3v) is 8.62. The van der Waals surface area contributed by atoms with E-state index in [-0.39, 0.29) is 27.8 Å². The molecule has 0 bridgehead atoms. The number of amides is 1. The number of aromatic nitrogens is 2. The Morgan fingerprint density at radius 3 is 2.70 bits per heavy atom. The lowest BCUT2D eigenvalue weighted by Crippen LogP contribution is -2.29. The summed E-state index contributed by atoms with van der Waals surface area (Å²) in [6, 6.07) is 20.0. The van der Waals surface area contributed by atoms with E-state index >= 15 is 0 Å². The number of nitrogens with zero attached hydrogens (tertiary/aromatic N) is 3. The number of rotatable bonds is 7. The van der Waals surface area contributed by atoms with Crippen LogP contribution < -0.4 is 9.64 Å². The quantitative estimate of drug-likeness (QED) is 0.0790. The number of aliphatic hydroxyl groups is 1. The first-order chi connectivity index (χ1) is 19.5. The number of methoxy groups -OCH3 is 1. The molecule has 200 valence electrons. The molecule has 1 fully saturated rings. The molecule has 3 aromatic carbocycles. The molecule has 11 heteroatoms. The van der Waals surface area contributed by atoms with Crippen LogP contribution in [0.25, 0.3) is 16.5 Å². The molecule has 1 unspecified atom stereocenters. The van der Waals surface area contributed by atoms with Crippen molar-refractivity contribution in [3.05, 3.63) is 107 Å². The van der Waals surface area contributed by atoms with Crippen LogP contribution in [-0.2, 0) is 15.3 Å². The van der Waals surface area contributed by atoms with Crippen molar-refractivity contribution in [3.63, 3.8) is 0 Å². The second-order valence-electron chi connectivity index (χ2n) is 8.81. The van der Waals surface area contributed by atoms with E-state index in [2.05, 4.69) is 34.5 Å². The zero-order chi connectivity index (χ0) is 27.8. The van der Waals surface area contributed by atoms with Crippen molar-refractivity contribution in [1.82, 2.24) is 10.2 Å². The summed E-state index contributed by atoms with van der Waals surface area (Å²) in [6.07, 6.45) is 1.40. The lowest BCUT2D eigenvalue weighted by Gasteiger charge is -2.20. The van der Waals surface area contributed by atoms with Crippen LogP contribution >= 0.6 is 23.1 Å². The van der Waals surface area contributed by atoms with Gasteiger partial charge in [-0.25, -0.2) is 4.39 Å². The van der Waals surface area contributed by atoms with E-state index in [1.807, 2.05) is 18.2 Å². The molecule has 0 aliphatic carbocycles. The molecule has 0 radical (unpaired) electrons. The van der Waals surface area contributed by atoms with Crippen LogP contribution in [0.15, 0.2) is 93.4 Å². The van der Waals surface area contributed by atoms with Crippen LogP contribution in [0.5, 0.6) is 5.75 Å². The van der Waals surface area contributed by atoms with Gasteiger partial charge in [0.15, 0.2) is 15.9 Å². The Bertz CT molecular complexity index is 1780. The molecule has 6 rings (SSSR count). The van der Waals surface area contributed by atoms with Crippen LogP contribution in [0.2, 0.25) is 0 Å². The van der Waals surface area contributed by atoms with Gasteiger partial charge >= 0.3 is 5.91 Å². The molecule has 3 heterocycles. The lowest BCUT2D eigenvalue weighted by molar-refractivity contribution is -0.132. The van der Waals surface area contributed by atoms with Crippen molar-refractivity contribution < 1.29 is 28.2 Å². The molecule has 0 saturated carbocycles. The highest BCUT2D eigenvalue weighted by molar-refractivity contribution is 8.00. The van der Waals surface area contributed by atoms with Crippen molar-refractivity contribution in [2.75, 3.05) is 12.0 Å². The van der Waals surface area contributed by atoms with Crippen LogP contribution in [0, 0.1) is 5.82 Å². The monoisotopic (exact) mass is 573 g/mol. The van der Waals surface area contributed by atoms with Gasteiger partial charge in [-0.3, -0.25) is 14.5 Å². The number of fused-ring (bicyclic) bond motifs is 1. The number of thioether (sulfide) groups is 1. The fourth-order valence-corrected chi connectivity index (χ4v) is 6.50. The average Bonchev–Trinajstić information content (AvgIpc) is 3.72. The van der Waals surface area contributed by atoms with Crippen molar-refractivity contribution in [3.8, 4) is 5.75 Å². The number of halogens is 1. The fraction of sp³-hybridized carbons (Fsp3) is 0.103. The van der Waals surface area contributed by atoms with Crippen molar-refractivity contribution in [2.24, 2.45) is 0 Å². The normalized spacial score (nSPS) is 16.6. The number of benzene rings is 3. The van der Waals surface area contributed by atoms with E-state index in [0.29, 0.717) is 10.1 Å². The first-order valence-corrected chi connectivity index (χ1v) is 13.9. The van der Waals surface area contributed by atoms with Crippen molar-refractivity contribution in [1.29, 1.82) is 0 Å². The van der Waals surface area contributed by atoms with E-state index in [4.69, 9.17) is 9.15 Å². The fourth-order valence-electron chi connectivity index (χ4n) is 4.63. The molecular formula is C29H20FN3O5S2. The van der Waals surface area contributed by atoms with Crippen molar-refractivity contribution in [2.45, 2.75) is 16.1 Å². The van der Waals surface area contributed by atoms with Gasteiger partial charge in [0.05, 0.1) is 18.9 Å². The second kappa shape index (κ2) is 10.6. The van der Waals surface area contributed by atoms with E-state index < -0.39 is 29.3 Å². The van der Waals surface area contributed by atoms with Crippen LogP contribution in [-0.4, -0.2) is 34.1 Å². The zero-order valence-electron chi connectivity index (χ0n) is 20.9. The number of hydrogen-bond acceptors (Lipinski definition) is 9. The molecule has 2 aromatic heterocycles. The third-order valence-electron chi connectivity index (χ3n) is 6.52. The summed E-state index contributed by atoms with van der Waals surface area (Å²) in [7, 11) is 1.32. The molecule has 1 atom stereocenters. The number of anilines is 1. The Kier molecular flexibility index (Phi) is 6.82. The maximum absolute atomic E-state index is 14.4. The van der Waals surface area contributed by atoms with Crippen molar-refractivity contribution >= 4 is 56.5 Å². The van der Waals surface area contributed by atoms with Gasteiger partial charge in [-0.1, -0.05) is 65.6 Å². The van der Waals surface area contributed by atoms with Crippen LogP contribution in [0.4, 0.5) is 9.52 Å². The largest absolute Gasteiger partial charge is 0.507 e. The third kappa shape index (κ3) is 4.52. The maximum Gasteiger partial charge on any atom is 0.302 e. The van der Waals surface area contributed by atoms with E-state index in [0.717, 1.165) is 38.6 Å². The highest BCUT2D eigenvalue weighted by atomic mass is 32.2. The van der Waals surface area contributed by atoms with Gasteiger partial charge < -0.3 is 14.3 Å². The zero-order valence-corrected chi connectivity index (χ0v) is 22.5. The molecule has 1 saturated heterocycles. The van der Waals surface area contributed by atoms with Crippen LogP contribution in [0.3, 0.4) is 0 Å². The molecule has 8 nitrogen and oxygen atoms in total. The predicted octanol–water partition coefficient (Wildman–Crippen LogP) is 6.35. The van der Waals surface area contributed by atoms with Gasteiger partial charge in [0, 0.05) is 11.3 Å². The average molecular weight is 574 g/mol. The Morgan fingerprint density at radius 2 is 1.93 bits per heavy atom. The molecule has 1 N–H and O–H groups in total. The minimum absolute atomic E-state index is 0.0106. The van der Waals surface area contributed by atoms with Gasteiger partial charge in [-0.2, -0.15) is 0 Å². The summed E-state index contributed by atoms with van der Waals surface area (Å²) < 4.78 is 25.5. The molecule has 40 heavy (non-hydrogen) atoms. The van der Waals surface area contributed by atoms with Gasteiger partial charge in [-0.15, -0.1) is 10.2 Å². The first kappa shape index (κ1) is 25.8. The number of ketones is 1. The SMILES string of the molecule is COc1ccc(/C(O)=C2\C(=O)C(=O)N(c3nnc(SCc4cccc5ccccc45)s3)C2c2ccco2)cc1F. The Labute approximate surface area is 235 Å². The predicted molar refractivity (Wildman–Crippen MR) is 150 cm³/mol.